The van der Waals surface area contributed by atoms with Crippen LogP contribution in [0.3, 0.4) is 0 Å². The summed E-state index contributed by atoms with van der Waals surface area (Å²) in [6.45, 7) is 0.596. The minimum Gasteiger partial charge on any atom is -0.493 e. The predicted molar refractivity (Wildman–Crippen MR) is 110 cm³/mol. The van der Waals surface area contributed by atoms with Crippen molar-refractivity contribution in [3.05, 3.63) is 41.7 Å². The van der Waals surface area contributed by atoms with Gasteiger partial charge in [0.2, 0.25) is 0 Å². The van der Waals surface area contributed by atoms with Crippen LogP contribution in [0, 0.1) is 0 Å². The lowest BCUT2D eigenvalue weighted by Gasteiger charge is -2.13. The lowest BCUT2D eigenvalue weighted by molar-refractivity contribution is -0.0512. The molecule has 27 heavy (non-hydrogen) atoms. The van der Waals surface area contributed by atoms with Crippen LogP contribution in [-0.2, 0) is 20.1 Å². The Balaban J connectivity index is 0.00000364. The van der Waals surface area contributed by atoms with Gasteiger partial charge in [-0.3, -0.25) is 4.68 Å². The summed E-state index contributed by atoms with van der Waals surface area (Å²) in [7, 11) is 3.26. The maximum atomic E-state index is 12.5. The third-order valence-electron chi connectivity index (χ3n) is 3.57. The molecule has 1 heterocycles. The van der Waals surface area contributed by atoms with Gasteiger partial charge in [0.15, 0.2) is 17.5 Å². The number of aryl methyl sites for hydroxylation is 1. The van der Waals surface area contributed by atoms with Gasteiger partial charge >= 0.3 is 6.61 Å². The summed E-state index contributed by atoms with van der Waals surface area (Å²) in [4.78, 5) is 4.47. The quantitative estimate of drug-likeness (QED) is 0.335. The number of alkyl halides is 2. The van der Waals surface area contributed by atoms with Crippen LogP contribution in [0.25, 0.3) is 0 Å². The molecule has 0 aliphatic heterocycles. The highest BCUT2D eigenvalue weighted by Gasteiger charge is 2.11. The third-order valence-corrected chi connectivity index (χ3v) is 3.57. The Hall–Kier alpha value is -2.11. The van der Waals surface area contributed by atoms with Crippen molar-refractivity contribution in [3.8, 4) is 11.5 Å². The van der Waals surface area contributed by atoms with Gasteiger partial charge in [-0.1, -0.05) is 6.07 Å². The van der Waals surface area contributed by atoms with E-state index in [1.807, 2.05) is 20.0 Å². The first-order valence-corrected chi connectivity index (χ1v) is 8.14. The molecule has 150 valence electrons. The van der Waals surface area contributed by atoms with E-state index in [9.17, 15) is 8.78 Å². The number of nitrogens with one attached hydrogen (secondary N) is 2. The summed E-state index contributed by atoms with van der Waals surface area (Å²) in [6.07, 6.45) is 1.73. The standard InChI is InChI=1S/C17H23F2N5O2.HI/c1-4-20-17(22-11-13-7-8-23-24(13)2)21-10-12-5-6-14(25-3)15(9-12)26-16(18)19;/h5-9,16H,4,10-11H2,1-3H3,(H2,20,21,22);1H. The van der Waals surface area contributed by atoms with Crippen LogP contribution in [0.15, 0.2) is 35.5 Å². The number of aliphatic imine (C=N–C) groups is 1. The number of benzene rings is 1. The van der Waals surface area contributed by atoms with Crippen LogP contribution in [0.4, 0.5) is 8.78 Å². The Morgan fingerprint density at radius 3 is 2.63 bits per heavy atom. The van der Waals surface area contributed by atoms with Crippen LogP contribution in [0.2, 0.25) is 0 Å². The van der Waals surface area contributed by atoms with Crippen LogP contribution < -0.4 is 20.1 Å². The van der Waals surface area contributed by atoms with Crippen molar-refractivity contribution in [1.29, 1.82) is 0 Å². The van der Waals surface area contributed by atoms with E-state index in [-0.39, 0.29) is 35.5 Å². The number of guanidine groups is 1. The Kier molecular flexibility index (Phi) is 9.83. The molecule has 10 heteroatoms. The number of nitrogens with zero attached hydrogens (tertiary/aromatic N) is 3. The van der Waals surface area contributed by atoms with Crippen LogP contribution >= 0.6 is 24.0 Å². The minimum absolute atomic E-state index is 0. The molecule has 2 aromatic rings. The maximum Gasteiger partial charge on any atom is 0.387 e. The van der Waals surface area contributed by atoms with Crippen molar-refractivity contribution in [3.63, 3.8) is 0 Å². The molecule has 0 saturated carbocycles. The molecule has 0 saturated heterocycles. The highest BCUT2D eigenvalue weighted by molar-refractivity contribution is 14.0. The molecule has 0 bridgehead atoms. The van der Waals surface area contributed by atoms with E-state index in [0.717, 1.165) is 11.3 Å². The molecule has 0 atom stereocenters. The van der Waals surface area contributed by atoms with Gasteiger partial charge in [-0.25, -0.2) is 4.99 Å². The molecule has 0 spiro atoms. The average Bonchev–Trinajstić information content (AvgIpc) is 3.02. The second-order valence-electron chi connectivity index (χ2n) is 5.36. The van der Waals surface area contributed by atoms with Crippen molar-refractivity contribution in [2.75, 3.05) is 13.7 Å². The second-order valence-corrected chi connectivity index (χ2v) is 5.36. The van der Waals surface area contributed by atoms with E-state index < -0.39 is 6.61 Å². The summed E-state index contributed by atoms with van der Waals surface area (Å²) < 4.78 is 36.3. The topological polar surface area (TPSA) is 72.7 Å². The minimum atomic E-state index is -2.92. The fraction of sp³-hybridized carbons (Fsp3) is 0.412. The summed E-state index contributed by atoms with van der Waals surface area (Å²) >= 11 is 0. The second kappa shape index (κ2) is 11.6. The SMILES string of the molecule is CCNC(=NCc1ccc(OC)c(OC(F)F)c1)NCc1ccnn1C.I. The molecule has 7 nitrogen and oxygen atoms in total. The zero-order valence-corrected chi connectivity index (χ0v) is 17.7. The lowest BCUT2D eigenvalue weighted by atomic mass is 10.2. The molecule has 1 aromatic carbocycles. The molecule has 2 N–H and O–H groups in total. The number of aromatic nitrogens is 2. The molecule has 0 unspecified atom stereocenters. The summed E-state index contributed by atoms with van der Waals surface area (Å²) in [5, 5.41) is 10.5. The van der Waals surface area contributed by atoms with Gasteiger partial charge in [0, 0.05) is 19.8 Å². The van der Waals surface area contributed by atoms with E-state index in [1.165, 1.54) is 13.2 Å². The van der Waals surface area contributed by atoms with Gasteiger partial charge in [-0.2, -0.15) is 13.9 Å². The fourth-order valence-electron chi connectivity index (χ4n) is 2.27. The van der Waals surface area contributed by atoms with Crippen LogP contribution in [0.5, 0.6) is 11.5 Å². The van der Waals surface area contributed by atoms with E-state index in [4.69, 9.17) is 4.74 Å². The molecule has 0 amide bonds. The number of ether oxygens (including phenoxy) is 2. The molecule has 0 fully saturated rings. The van der Waals surface area contributed by atoms with Crippen molar-refractivity contribution in [2.24, 2.45) is 12.0 Å². The van der Waals surface area contributed by atoms with Crippen molar-refractivity contribution < 1.29 is 18.3 Å². The number of rotatable bonds is 8. The number of hydrogen-bond donors (Lipinski definition) is 2. The molecule has 1 aromatic heterocycles. The predicted octanol–water partition coefficient (Wildman–Crippen LogP) is 2.90. The van der Waals surface area contributed by atoms with Crippen molar-refractivity contribution in [1.82, 2.24) is 20.4 Å². The Bertz CT molecular complexity index is 740. The zero-order valence-electron chi connectivity index (χ0n) is 15.4. The Morgan fingerprint density at radius 1 is 1.26 bits per heavy atom. The first-order valence-electron chi connectivity index (χ1n) is 8.14. The number of methoxy groups -OCH3 is 1. The van der Waals surface area contributed by atoms with E-state index >= 15 is 0 Å². The summed E-state index contributed by atoms with van der Waals surface area (Å²) in [5.74, 6) is 0.850. The summed E-state index contributed by atoms with van der Waals surface area (Å²) in [5.41, 5.74) is 1.73. The smallest absolute Gasteiger partial charge is 0.387 e. The maximum absolute atomic E-state index is 12.5. The molecular formula is C17H24F2IN5O2. The average molecular weight is 495 g/mol. The van der Waals surface area contributed by atoms with Crippen LogP contribution in [-0.4, -0.2) is 36.0 Å². The molecular weight excluding hydrogens is 471 g/mol. The van der Waals surface area contributed by atoms with Crippen molar-refractivity contribution >= 4 is 29.9 Å². The van der Waals surface area contributed by atoms with E-state index in [2.05, 4.69) is 25.5 Å². The van der Waals surface area contributed by atoms with Gasteiger partial charge in [-0.05, 0) is 30.7 Å². The Morgan fingerprint density at radius 2 is 2.04 bits per heavy atom. The van der Waals surface area contributed by atoms with Gasteiger partial charge in [0.25, 0.3) is 0 Å². The number of halogens is 3. The molecule has 2 rings (SSSR count). The normalized spacial score (nSPS) is 11.1. The van der Waals surface area contributed by atoms with E-state index in [1.54, 1.807) is 23.0 Å². The van der Waals surface area contributed by atoms with Crippen molar-refractivity contribution in [2.45, 2.75) is 26.6 Å². The van der Waals surface area contributed by atoms with Gasteiger partial charge in [0.1, 0.15) is 0 Å². The highest BCUT2D eigenvalue weighted by Crippen LogP contribution is 2.29. The first kappa shape index (κ1) is 22.9. The monoisotopic (exact) mass is 495 g/mol. The fourth-order valence-corrected chi connectivity index (χ4v) is 2.27. The zero-order chi connectivity index (χ0) is 18.9. The first-order chi connectivity index (χ1) is 12.5. The third kappa shape index (κ3) is 7.19. The molecule has 0 aliphatic rings. The summed E-state index contributed by atoms with van der Waals surface area (Å²) in [6, 6.07) is 6.75. The van der Waals surface area contributed by atoms with E-state index in [0.29, 0.717) is 25.6 Å². The molecule has 0 aliphatic carbocycles. The van der Waals surface area contributed by atoms with Crippen LogP contribution in [0.1, 0.15) is 18.2 Å². The van der Waals surface area contributed by atoms with Gasteiger partial charge in [0.05, 0.1) is 25.9 Å². The largest absolute Gasteiger partial charge is 0.493 e. The Labute approximate surface area is 174 Å². The highest BCUT2D eigenvalue weighted by atomic mass is 127. The lowest BCUT2D eigenvalue weighted by Crippen LogP contribution is -2.37. The van der Waals surface area contributed by atoms with Gasteiger partial charge < -0.3 is 20.1 Å². The number of hydrogen-bond acceptors (Lipinski definition) is 4. The van der Waals surface area contributed by atoms with Gasteiger partial charge in [-0.15, -0.1) is 24.0 Å². The molecule has 0 radical (unpaired) electrons.